The number of rotatable bonds is 5. The number of nitrogens with zero attached hydrogens (tertiary/aromatic N) is 1. The Hall–Kier alpha value is -2.21. The fourth-order valence-corrected chi connectivity index (χ4v) is 6.50. The Morgan fingerprint density at radius 2 is 1.87 bits per heavy atom. The van der Waals surface area contributed by atoms with Gasteiger partial charge in [0.1, 0.15) is 11.4 Å². The third kappa shape index (κ3) is 3.39. The number of amides is 3. The second-order valence-corrected chi connectivity index (χ2v) is 10.5. The quantitative estimate of drug-likeness (QED) is 0.559. The predicted molar refractivity (Wildman–Crippen MR) is 117 cm³/mol. The minimum atomic E-state index is -1.07. The molecule has 1 unspecified atom stereocenters. The number of fused-ring (bicyclic) bond motifs is 1. The van der Waals surface area contributed by atoms with Gasteiger partial charge in [0.25, 0.3) is 5.91 Å². The molecule has 1 aromatic rings. The lowest BCUT2D eigenvalue weighted by Crippen LogP contribution is -2.58. The van der Waals surface area contributed by atoms with Crippen LogP contribution in [0.25, 0.3) is 0 Å². The van der Waals surface area contributed by atoms with Gasteiger partial charge in [-0.2, -0.15) is 0 Å². The van der Waals surface area contributed by atoms with Crippen LogP contribution in [0.1, 0.15) is 45.1 Å². The van der Waals surface area contributed by atoms with E-state index in [1.807, 2.05) is 0 Å². The lowest BCUT2D eigenvalue weighted by molar-refractivity contribution is -0.126. The van der Waals surface area contributed by atoms with Crippen molar-refractivity contribution in [3.63, 3.8) is 0 Å². The Morgan fingerprint density at radius 3 is 2.48 bits per heavy atom. The van der Waals surface area contributed by atoms with Crippen LogP contribution in [0.5, 0.6) is 0 Å². The van der Waals surface area contributed by atoms with Crippen molar-refractivity contribution in [2.45, 2.75) is 51.5 Å². The van der Waals surface area contributed by atoms with Crippen LogP contribution >= 0.6 is 0 Å². The van der Waals surface area contributed by atoms with E-state index in [0.717, 1.165) is 38.4 Å². The summed E-state index contributed by atoms with van der Waals surface area (Å²) in [7, 11) is 0. The molecule has 31 heavy (non-hydrogen) atoms. The number of halogens is 1. The summed E-state index contributed by atoms with van der Waals surface area (Å²) in [4.78, 5) is 27.4. The van der Waals surface area contributed by atoms with Crippen LogP contribution in [0, 0.1) is 29.0 Å². The van der Waals surface area contributed by atoms with Crippen molar-refractivity contribution in [3.8, 4) is 0 Å². The summed E-state index contributed by atoms with van der Waals surface area (Å²) in [6, 6.07) is 6.05. The second kappa shape index (κ2) is 7.44. The van der Waals surface area contributed by atoms with Gasteiger partial charge in [-0.3, -0.25) is 15.0 Å². The van der Waals surface area contributed by atoms with E-state index >= 15 is 0 Å². The van der Waals surface area contributed by atoms with Crippen molar-refractivity contribution < 1.29 is 14.0 Å². The second-order valence-electron chi connectivity index (χ2n) is 10.5. The van der Waals surface area contributed by atoms with E-state index < -0.39 is 11.6 Å². The molecule has 6 rings (SSSR count). The molecule has 0 radical (unpaired) electrons. The fourth-order valence-electron chi connectivity index (χ4n) is 6.50. The highest BCUT2D eigenvalue weighted by Crippen LogP contribution is 2.59. The van der Waals surface area contributed by atoms with Crippen LogP contribution in [-0.4, -0.2) is 42.0 Å². The number of imide groups is 1. The molecule has 0 aromatic heterocycles. The van der Waals surface area contributed by atoms with Crippen LogP contribution in [0.15, 0.2) is 35.9 Å². The molecule has 2 aliphatic heterocycles. The SMILES string of the molecule is CC1(C)[C@H]2CC=C(CN3CCC(C4(Cc5ccccc5F)NC(=O)NC4=O)CC3)[C@@H]1C2. The van der Waals surface area contributed by atoms with Gasteiger partial charge in [0.2, 0.25) is 0 Å². The van der Waals surface area contributed by atoms with Gasteiger partial charge in [0.05, 0.1) is 0 Å². The summed E-state index contributed by atoms with van der Waals surface area (Å²) in [5, 5.41) is 5.29. The van der Waals surface area contributed by atoms with Gasteiger partial charge in [0.15, 0.2) is 0 Å². The normalized spacial score (nSPS) is 32.8. The van der Waals surface area contributed by atoms with Crippen molar-refractivity contribution in [3.05, 3.63) is 47.3 Å². The van der Waals surface area contributed by atoms with Gasteiger partial charge in [0, 0.05) is 13.0 Å². The monoisotopic (exact) mass is 425 g/mol. The molecule has 0 spiro atoms. The molecule has 2 heterocycles. The maximum atomic E-state index is 14.4. The first kappa shape index (κ1) is 20.7. The number of likely N-dealkylation sites (tertiary alicyclic amines) is 1. The number of carbonyl (C=O) groups is 2. The Labute approximate surface area is 183 Å². The topological polar surface area (TPSA) is 61.4 Å². The zero-order valence-corrected chi connectivity index (χ0v) is 18.4. The molecule has 5 nitrogen and oxygen atoms in total. The summed E-state index contributed by atoms with van der Waals surface area (Å²) in [5.74, 6) is 0.876. The zero-order chi connectivity index (χ0) is 21.8. The summed E-state index contributed by atoms with van der Waals surface area (Å²) in [5.41, 5.74) is 1.41. The first-order valence-electron chi connectivity index (χ1n) is 11.6. The first-order chi connectivity index (χ1) is 14.8. The summed E-state index contributed by atoms with van der Waals surface area (Å²) >= 11 is 0. The minimum absolute atomic E-state index is 0.0142. The molecule has 1 aromatic carbocycles. The predicted octanol–water partition coefficient (Wildman–Crippen LogP) is 3.65. The Balaban J connectivity index is 1.28. The molecule has 2 N–H and O–H groups in total. The molecule has 2 bridgehead atoms. The largest absolute Gasteiger partial charge is 0.323 e. The summed E-state index contributed by atoms with van der Waals surface area (Å²) < 4.78 is 14.4. The van der Waals surface area contributed by atoms with Crippen molar-refractivity contribution >= 4 is 11.9 Å². The number of allylic oxidation sites excluding steroid dienone is 1. The lowest BCUT2D eigenvalue weighted by atomic mass is 9.49. The van der Waals surface area contributed by atoms with Crippen molar-refractivity contribution in [2.24, 2.45) is 23.2 Å². The number of hydrogen-bond acceptors (Lipinski definition) is 3. The van der Waals surface area contributed by atoms with E-state index in [9.17, 15) is 14.0 Å². The highest BCUT2D eigenvalue weighted by molar-refractivity contribution is 6.07. The molecular formula is C25H32FN3O2. The number of piperidine rings is 1. The van der Waals surface area contributed by atoms with E-state index in [1.165, 1.54) is 18.9 Å². The highest BCUT2D eigenvalue weighted by atomic mass is 19.1. The molecule has 2 saturated heterocycles. The molecule has 3 fully saturated rings. The van der Waals surface area contributed by atoms with E-state index in [2.05, 4.69) is 35.5 Å². The van der Waals surface area contributed by atoms with E-state index in [0.29, 0.717) is 16.9 Å². The van der Waals surface area contributed by atoms with Crippen LogP contribution in [0.4, 0.5) is 9.18 Å². The maximum Gasteiger partial charge on any atom is 0.322 e. The maximum absolute atomic E-state index is 14.4. The fraction of sp³-hybridized carbons (Fsp3) is 0.600. The number of carbonyl (C=O) groups excluding carboxylic acids is 2. The van der Waals surface area contributed by atoms with Crippen LogP contribution in [-0.2, 0) is 11.2 Å². The van der Waals surface area contributed by atoms with Crippen LogP contribution in [0.3, 0.4) is 0 Å². The number of urea groups is 1. The van der Waals surface area contributed by atoms with Crippen LogP contribution < -0.4 is 10.6 Å². The zero-order valence-electron chi connectivity index (χ0n) is 18.4. The van der Waals surface area contributed by atoms with E-state index in [1.54, 1.807) is 23.8 Å². The van der Waals surface area contributed by atoms with Gasteiger partial charge in [-0.05, 0) is 73.6 Å². The van der Waals surface area contributed by atoms with Crippen molar-refractivity contribution in [2.75, 3.05) is 19.6 Å². The minimum Gasteiger partial charge on any atom is -0.323 e. The third-order valence-corrected chi connectivity index (χ3v) is 8.67. The van der Waals surface area contributed by atoms with Gasteiger partial charge in [-0.1, -0.05) is 43.7 Å². The molecule has 3 atom stereocenters. The molecule has 6 heteroatoms. The average molecular weight is 426 g/mol. The molecule has 1 saturated carbocycles. The van der Waals surface area contributed by atoms with Gasteiger partial charge in [-0.15, -0.1) is 0 Å². The summed E-state index contributed by atoms with van der Waals surface area (Å²) in [6.45, 7) is 7.59. The molecule has 166 valence electrons. The van der Waals surface area contributed by atoms with Crippen LogP contribution in [0.2, 0.25) is 0 Å². The lowest BCUT2D eigenvalue weighted by Gasteiger charge is -2.57. The molecule has 5 aliphatic rings. The highest BCUT2D eigenvalue weighted by Gasteiger charge is 2.53. The van der Waals surface area contributed by atoms with Crippen molar-refractivity contribution in [1.29, 1.82) is 0 Å². The number of nitrogens with one attached hydrogen (secondary N) is 2. The summed E-state index contributed by atoms with van der Waals surface area (Å²) in [6.07, 6.45) is 6.80. The standard InChI is InChI=1S/C25H32FN3O2/c1-24(2)19-8-7-17(20(24)13-19)15-29-11-9-18(10-12-29)25(22(30)27-23(31)28-25)14-16-5-3-4-6-21(16)26/h3-7,18-20H,8-15H2,1-2H3,(H2,27,28,30,31)/t19-,20-,25?/m0/s1. The molecule has 3 amide bonds. The molecule has 3 aliphatic carbocycles. The average Bonchev–Trinajstić information content (AvgIpc) is 3.04. The van der Waals surface area contributed by atoms with Gasteiger partial charge in [-0.25, -0.2) is 9.18 Å². The van der Waals surface area contributed by atoms with Gasteiger partial charge >= 0.3 is 6.03 Å². The number of benzene rings is 1. The number of hydrogen-bond donors (Lipinski definition) is 2. The first-order valence-corrected chi connectivity index (χ1v) is 11.6. The van der Waals surface area contributed by atoms with Gasteiger partial charge < -0.3 is 5.32 Å². The Bertz CT molecular complexity index is 934. The Morgan fingerprint density at radius 1 is 1.13 bits per heavy atom. The van der Waals surface area contributed by atoms with E-state index in [-0.39, 0.29) is 24.1 Å². The van der Waals surface area contributed by atoms with E-state index in [4.69, 9.17) is 0 Å². The third-order valence-electron chi connectivity index (χ3n) is 8.67. The molecular weight excluding hydrogens is 393 g/mol. The van der Waals surface area contributed by atoms with Crippen molar-refractivity contribution in [1.82, 2.24) is 15.5 Å². The Kier molecular flexibility index (Phi) is 4.96. The smallest absolute Gasteiger partial charge is 0.322 e.